The number of carboxylic acids is 1. The molecular weight excluding hydrogens is 264 g/mol. The third kappa shape index (κ3) is 3.47. The summed E-state index contributed by atoms with van der Waals surface area (Å²) in [5.41, 5.74) is 0. The first-order valence-corrected chi connectivity index (χ1v) is 6.51. The number of likely N-dealkylation sites (tertiary alicyclic amines) is 1. The van der Waals surface area contributed by atoms with Gasteiger partial charge in [0.15, 0.2) is 0 Å². The summed E-state index contributed by atoms with van der Waals surface area (Å²) in [5.74, 6) is -0.244. The van der Waals surface area contributed by atoms with Gasteiger partial charge in [-0.1, -0.05) is 0 Å². The molecule has 1 aliphatic rings. The van der Waals surface area contributed by atoms with Crippen molar-refractivity contribution in [3.8, 4) is 0 Å². The normalized spacial score (nSPS) is 21.9. The molecule has 1 unspecified atom stereocenters. The number of aliphatic hydroxyl groups excluding tert-OH is 1. The van der Waals surface area contributed by atoms with Crippen molar-refractivity contribution in [1.29, 1.82) is 0 Å². The van der Waals surface area contributed by atoms with Crippen LogP contribution in [0.25, 0.3) is 0 Å². The van der Waals surface area contributed by atoms with E-state index in [2.05, 4.69) is 15.3 Å². The largest absolute Gasteiger partial charge is 0.480 e. The molecule has 4 N–H and O–H groups in total. The Morgan fingerprint density at radius 2 is 2.35 bits per heavy atom. The van der Waals surface area contributed by atoms with Crippen molar-refractivity contribution in [3.63, 3.8) is 0 Å². The lowest BCUT2D eigenvalue weighted by Crippen LogP contribution is -2.46. The maximum Gasteiger partial charge on any atom is 0.326 e. The summed E-state index contributed by atoms with van der Waals surface area (Å²) in [6.45, 7) is 0.486. The summed E-state index contributed by atoms with van der Waals surface area (Å²) in [6, 6.07) is -1.40. The number of hydrogen-bond acceptors (Lipinski definition) is 4. The predicted octanol–water partition coefficient (Wildman–Crippen LogP) is -0.428. The first-order valence-electron chi connectivity index (χ1n) is 6.51. The van der Waals surface area contributed by atoms with E-state index in [9.17, 15) is 14.7 Å². The molecule has 1 saturated heterocycles. The van der Waals surface area contributed by atoms with Crippen LogP contribution in [0.3, 0.4) is 0 Å². The summed E-state index contributed by atoms with van der Waals surface area (Å²) in [4.78, 5) is 31.1. The fraction of sp³-hybridized carbons (Fsp3) is 0.583. The Labute approximate surface area is 115 Å². The minimum Gasteiger partial charge on any atom is -0.480 e. The van der Waals surface area contributed by atoms with E-state index >= 15 is 0 Å². The lowest BCUT2D eigenvalue weighted by Gasteiger charge is -2.21. The number of imidazole rings is 1. The van der Waals surface area contributed by atoms with Gasteiger partial charge in [-0.2, -0.15) is 0 Å². The average molecular weight is 282 g/mol. The fourth-order valence-electron chi connectivity index (χ4n) is 2.26. The van der Waals surface area contributed by atoms with Crippen LogP contribution in [-0.4, -0.2) is 62.3 Å². The molecule has 0 aliphatic carbocycles. The molecule has 2 atom stereocenters. The standard InChI is InChI=1S/C12H18N4O4/c17-8-6-9(11(18)19)16(7-8)12(20)15-3-1-2-10-13-4-5-14-10/h4-5,8-9,17H,1-3,6-7H2,(H,13,14)(H,15,20)(H,18,19)/t8?,9-/m0/s1. The number of nitrogens with one attached hydrogen (secondary N) is 2. The number of aromatic nitrogens is 2. The van der Waals surface area contributed by atoms with Crippen molar-refractivity contribution in [1.82, 2.24) is 20.2 Å². The number of amides is 2. The number of β-amino-alcohol motifs (C(OH)–C–C–N with tert-alkyl or cyclic N) is 1. The second-order valence-corrected chi connectivity index (χ2v) is 4.77. The van der Waals surface area contributed by atoms with E-state index in [-0.39, 0.29) is 13.0 Å². The number of carbonyl (C=O) groups is 2. The van der Waals surface area contributed by atoms with E-state index in [1.165, 1.54) is 4.90 Å². The van der Waals surface area contributed by atoms with Crippen molar-refractivity contribution >= 4 is 12.0 Å². The number of hydrogen-bond donors (Lipinski definition) is 4. The van der Waals surface area contributed by atoms with Crippen LogP contribution in [0.15, 0.2) is 12.4 Å². The van der Waals surface area contributed by atoms with Gasteiger partial charge in [-0.05, 0) is 6.42 Å². The van der Waals surface area contributed by atoms with Crippen molar-refractivity contribution in [3.05, 3.63) is 18.2 Å². The van der Waals surface area contributed by atoms with Crippen LogP contribution in [0, 0.1) is 0 Å². The zero-order chi connectivity index (χ0) is 14.5. The van der Waals surface area contributed by atoms with Crippen LogP contribution in [0.4, 0.5) is 4.79 Å². The summed E-state index contributed by atoms with van der Waals surface area (Å²) in [5, 5.41) is 21.1. The Kier molecular flexibility index (Phi) is 4.57. The molecule has 2 rings (SSSR count). The number of aliphatic hydroxyl groups is 1. The predicted molar refractivity (Wildman–Crippen MR) is 69.1 cm³/mol. The molecule has 2 amide bonds. The van der Waals surface area contributed by atoms with Crippen molar-refractivity contribution in [2.75, 3.05) is 13.1 Å². The average Bonchev–Trinajstić information content (AvgIpc) is 3.03. The van der Waals surface area contributed by atoms with E-state index in [4.69, 9.17) is 5.11 Å². The van der Waals surface area contributed by atoms with E-state index in [1.807, 2.05) is 0 Å². The van der Waals surface area contributed by atoms with Gasteiger partial charge in [-0.25, -0.2) is 14.6 Å². The van der Waals surface area contributed by atoms with E-state index < -0.39 is 24.1 Å². The molecule has 8 heteroatoms. The quantitative estimate of drug-likeness (QED) is 0.547. The number of urea groups is 1. The van der Waals surface area contributed by atoms with Crippen LogP contribution in [0.2, 0.25) is 0 Å². The Hall–Kier alpha value is -2.09. The highest BCUT2D eigenvalue weighted by atomic mass is 16.4. The number of rotatable bonds is 5. The molecule has 0 saturated carbocycles. The van der Waals surface area contributed by atoms with Gasteiger partial charge in [0, 0.05) is 38.3 Å². The second kappa shape index (κ2) is 6.38. The smallest absolute Gasteiger partial charge is 0.326 e. The van der Waals surface area contributed by atoms with E-state index in [1.54, 1.807) is 12.4 Å². The molecule has 1 aromatic rings. The molecule has 1 fully saturated rings. The van der Waals surface area contributed by atoms with Gasteiger partial charge in [-0.15, -0.1) is 0 Å². The fourth-order valence-corrected chi connectivity index (χ4v) is 2.26. The van der Waals surface area contributed by atoms with Crippen molar-refractivity contribution in [2.45, 2.75) is 31.4 Å². The summed E-state index contributed by atoms with van der Waals surface area (Å²) >= 11 is 0. The molecule has 1 aliphatic heterocycles. The second-order valence-electron chi connectivity index (χ2n) is 4.77. The van der Waals surface area contributed by atoms with Crippen molar-refractivity contribution < 1.29 is 19.8 Å². The number of H-pyrrole nitrogens is 1. The minimum atomic E-state index is -1.09. The lowest BCUT2D eigenvalue weighted by atomic mass is 10.2. The van der Waals surface area contributed by atoms with Crippen LogP contribution < -0.4 is 5.32 Å². The first-order chi connectivity index (χ1) is 9.58. The lowest BCUT2D eigenvalue weighted by molar-refractivity contribution is -0.141. The van der Waals surface area contributed by atoms with Gasteiger partial charge in [0.1, 0.15) is 11.9 Å². The highest BCUT2D eigenvalue weighted by Crippen LogP contribution is 2.17. The zero-order valence-corrected chi connectivity index (χ0v) is 11.0. The van der Waals surface area contributed by atoms with Crippen molar-refractivity contribution in [2.24, 2.45) is 0 Å². The highest BCUT2D eigenvalue weighted by Gasteiger charge is 2.38. The molecule has 0 aromatic carbocycles. The number of carbonyl (C=O) groups excluding carboxylic acids is 1. The highest BCUT2D eigenvalue weighted by molar-refractivity contribution is 5.83. The molecular formula is C12H18N4O4. The topological polar surface area (TPSA) is 119 Å². The van der Waals surface area contributed by atoms with Gasteiger partial charge in [-0.3, -0.25) is 0 Å². The van der Waals surface area contributed by atoms with Crippen LogP contribution >= 0.6 is 0 Å². The molecule has 8 nitrogen and oxygen atoms in total. The summed E-state index contributed by atoms with van der Waals surface area (Å²) < 4.78 is 0. The van der Waals surface area contributed by atoms with Crippen LogP contribution in [0.1, 0.15) is 18.7 Å². The molecule has 1 aromatic heterocycles. The summed E-state index contributed by atoms with van der Waals surface area (Å²) in [6.07, 6.45) is 4.11. The number of carboxylic acid groups (broad SMARTS) is 1. The minimum absolute atomic E-state index is 0.0565. The number of aliphatic carboxylic acids is 1. The maximum absolute atomic E-state index is 11.9. The van der Waals surface area contributed by atoms with Crippen LogP contribution in [-0.2, 0) is 11.2 Å². The Balaban J connectivity index is 1.75. The van der Waals surface area contributed by atoms with E-state index in [0.29, 0.717) is 19.4 Å². The molecule has 0 spiro atoms. The van der Waals surface area contributed by atoms with Gasteiger partial charge in [0.25, 0.3) is 0 Å². The first kappa shape index (κ1) is 14.3. The van der Waals surface area contributed by atoms with Gasteiger partial charge >= 0.3 is 12.0 Å². The van der Waals surface area contributed by atoms with Crippen LogP contribution in [0.5, 0.6) is 0 Å². The molecule has 0 bridgehead atoms. The SMILES string of the molecule is O=C(O)[C@@H]1CC(O)CN1C(=O)NCCCc1ncc[nH]1. The Morgan fingerprint density at radius 1 is 1.55 bits per heavy atom. The molecule has 0 radical (unpaired) electrons. The molecule has 20 heavy (non-hydrogen) atoms. The van der Waals surface area contributed by atoms with Gasteiger partial charge in [0.2, 0.25) is 0 Å². The number of nitrogens with zero attached hydrogens (tertiary/aromatic N) is 2. The monoisotopic (exact) mass is 282 g/mol. The molecule has 2 heterocycles. The van der Waals surface area contributed by atoms with Gasteiger partial charge < -0.3 is 25.4 Å². The number of aromatic amines is 1. The Morgan fingerprint density at radius 3 is 3.00 bits per heavy atom. The Bertz CT molecular complexity index is 462. The molecule has 110 valence electrons. The maximum atomic E-state index is 11.9. The zero-order valence-electron chi connectivity index (χ0n) is 11.0. The van der Waals surface area contributed by atoms with E-state index in [0.717, 1.165) is 5.82 Å². The summed E-state index contributed by atoms with van der Waals surface area (Å²) in [7, 11) is 0. The third-order valence-corrected chi connectivity index (χ3v) is 3.25. The third-order valence-electron chi connectivity index (χ3n) is 3.25. The van der Waals surface area contributed by atoms with Gasteiger partial charge in [0.05, 0.1) is 6.10 Å². The number of aryl methyl sites for hydroxylation is 1.